The third-order valence-electron chi connectivity index (χ3n) is 4.36. The molecule has 0 aromatic heterocycles. The number of carbonyl (C=O) groups excluding carboxylic acids is 2. The van der Waals surface area contributed by atoms with Crippen molar-refractivity contribution in [1.29, 1.82) is 0 Å². The Kier molecular flexibility index (Phi) is 14.4. The highest BCUT2D eigenvalue weighted by atomic mass is 16.5. The maximum absolute atomic E-state index is 11.7. The summed E-state index contributed by atoms with van der Waals surface area (Å²) in [6, 6.07) is 0. The molecule has 0 fully saturated rings. The standard InChI is InChI=1S/C20H36O4/c1-5-9-11-17(7-3)15-23-19(21)13-14-20(22)24-16-18(8-4)12-10-6-2/h13-14,17-18H,5-12,15-16H2,1-4H3/b14-13-/t17-,18-/m0/s1. The molecule has 0 amide bonds. The fourth-order valence-corrected chi connectivity index (χ4v) is 2.43. The molecule has 0 N–H and O–H groups in total. The van der Waals surface area contributed by atoms with E-state index in [1.165, 1.54) is 12.2 Å². The van der Waals surface area contributed by atoms with Crippen LogP contribution in [0.3, 0.4) is 0 Å². The number of hydrogen-bond acceptors (Lipinski definition) is 4. The zero-order chi connectivity index (χ0) is 18.2. The Hall–Kier alpha value is -1.32. The Balaban J connectivity index is 4.04. The SMILES string of the molecule is CCCC[C@H](CC)COC(=O)/C=C\C(=O)OC[C@@H](CC)CCCC. The van der Waals surface area contributed by atoms with Crippen LogP contribution in [0.15, 0.2) is 12.2 Å². The molecule has 0 bridgehead atoms. The molecule has 4 nitrogen and oxygen atoms in total. The molecule has 0 aliphatic heterocycles. The van der Waals surface area contributed by atoms with Gasteiger partial charge < -0.3 is 9.47 Å². The molecule has 0 aromatic carbocycles. The second kappa shape index (κ2) is 15.2. The number of hydrogen-bond donors (Lipinski definition) is 0. The van der Waals surface area contributed by atoms with Gasteiger partial charge in [0.1, 0.15) is 0 Å². The summed E-state index contributed by atoms with van der Waals surface area (Å²) in [5.41, 5.74) is 0. The molecule has 4 heteroatoms. The smallest absolute Gasteiger partial charge is 0.331 e. The summed E-state index contributed by atoms with van der Waals surface area (Å²) in [4.78, 5) is 23.3. The maximum atomic E-state index is 11.7. The van der Waals surface area contributed by atoms with E-state index in [9.17, 15) is 9.59 Å². The molecule has 0 saturated carbocycles. The fourth-order valence-electron chi connectivity index (χ4n) is 2.43. The number of rotatable bonds is 14. The van der Waals surface area contributed by atoms with Crippen LogP contribution in [0.4, 0.5) is 0 Å². The summed E-state index contributed by atoms with van der Waals surface area (Å²) >= 11 is 0. The molecular weight excluding hydrogens is 304 g/mol. The monoisotopic (exact) mass is 340 g/mol. The van der Waals surface area contributed by atoms with Crippen LogP contribution < -0.4 is 0 Å². The van der Waals surface area contributed by atoms with Crippen molar-refractivity contribution in [2.24, 2.45) is 11.8 Å². The molecule has 0 rings (SSSR count). The lowest BCUT2D eigenvalue weighted by molar-refractivity contribution is -0.142. The zero-order valence-electron chi connectivity index (χ0n) is 16.0. The van der Waals surface area contributed by atoms with Crippen LogP contribution >= 0.6 is 0 Å². The van der Waals surface area contributed by atoms with Crippen LogP contribution in [0.5, 0.6) is 0 Å². The van der Waals surface area contributed by atoms with Gasteiger partial charge in [-0.3, -0.25) is 0 Å². The van der Waals surface area contributed by atoms with E-state index in [4.69, 9.17) is 9.47 Å². The third kappa shape index (κ3) is 12.1. The Morgan fingerprint density at radius 3 is 1.42 bits per heavy atom. The second-order valence-corrected chi connectivity index (χ2v) is 6.43. The topological polar surface area (TPSA) is 52.6 Å². The van der Waals surface area contributed by atoms with Crippen molar-refractivity contribution in [1.82, 2.24) is 0 Å². The van der Waals surface area contributed by atoms with Crippen molar-refractivity contribution in [3.63, 3.8) is 0 Å². The zero-order valence-corrected chi connectivity index (χ0v) is 16.0. The van der Waals surface area contributed by atoms with Crippen LogP contribution in [0.25, 0.3) is 0 Å². The minimum absolute atomic E-state index is 0.401. The van der Waals surface area contributed by atoms with Gasteiger partial charge in [0, 0.05) is 12.2 Å². The van der Waals surface area contributed by atoms with Gasteiger partial charge in [-0.2, -0.15) is 0 Å². The maximum Gasteiger partial charge on any atom is 0.331 e. The van der Waals surface area contributed by atoms with Crippen LogP contribution in [-0.4, -0.2) is 25.2 Å². The van der Waals surface area contributed by atoms with Crippen molar-refractivity contribution in [3.05, 3.63) is 12.2 Å². The normalized spacial score (nSPS) is 13.7. The minimum Gasteiger partial charge on any atom is -0.462 e. The quantitative estimate of drug-likeness (QED) is 0.327. The van der Waals surface area contributed by atoms with Crippen molar-refractivity contribution in [2.45, 2.75) is 79.1 Å². The molecule has 0 spiro atoms. The second-order valence-electron chi connectivity index (χ2n) is 6.43. The molecular formula is C20H36O4. The Bertz CT molecular complexity index is 329. The first-order valence-corrected chi connectivity index (χ1v) is 9.58. The van der Waals surface area contributed by atoms with E-state index in [0.717, 1.165) is 51.4 Å². The largest absolute Gasteiger partial charge is 0.462 e. The lowest BCUT2D eigenvalue weighted by atomic mass is 10.0. The van der Waals surface area contributed by atoms with E-state index in [2.05, 4.69) is 27.7 Å². The molecule has 140 valence electrons. The highest BCUT2D eigenvalue weighted by molar-refractivity contribution is 5.91. The number of carbonyl (C=O) groups is 2. The Labute approximate surface area is 148 Å². The molecule has 0 aliphatic rings. The summed E-state index contributed by atoms with van der Waals surface area (Å²) < 4.78 is 10.4. The van der Waals surface area contributed by atoms with Gasteiger partial charge >= 0.3 is 11.9 Å². The van der Waals surface area contributed by atoms with Crippen LogP contribution in [0.2, 0.25) is 0 Å². The predicted octanol–water partition coefficient (Wildman–Crippen LogP) is 5.06. The number of ether oxygens (including phenoxy) is 2. The number of esters is 2. The van der Waals surface area contributed by atoms with Crippen LogP contribution in [0.1, 0.15) is 79.1 Å². The van der Waals surface area contributed by atoms with Gasteiger partial charge in [0.25, 0.3) is 0 Å². The molecule has 0 aromatic rings. The first-order valence-electron chi connectivity index (χ1n) is 9.58. The summed E-state index contributed by atoms with van der Waals surface area (Å²) in [6.07, 6.45) is 11.1. The van der Waals surface area contributed by atoms with E-state index < -0.39 is 11.9 Å². The van der Waals surface area contributed by atoms with Crippen LogP contribution in [-0.2, 0) is 19.1 Å². The summed E-state index contributed by atoms with van der Waals surface area (Å²) in [7, 11) is 0. The number of unbranched alkanes of at least 4 members (excludes halogenated alkanes) is 2. The summed E-state index contributed by atoms with van der Waals surface area (Å²) in [5.74, 6) is -0.142. The Morgan fingerprint density at radius 1 is 0.750 bits per heavy atom. The van der Waals surface area contributed by atoms with Crippen molar-refractivity contribution in [3.8, 4) is 0 Å². The van der Waals surface area contributed by atoms with Gasteiger partial charge in [-0.1, -0.05) is 66.2 Å². The van der Waals surface area contributed by atoms with E-state index in [0.29, 0.717) is 25.0 Å². The highest BCUT2D eigenvalue weighted by Crippen LogP contribution is 2.14. The van der Waals surface area contributed by atoms with Gasteiger partial charge in [0.2, 0.25) is 0 Å². The predicted molar refractivity (Wildman–Crippen MR) is 97.7 cm³/mol. The van der Waals surface area contributed by atoms with E-state index >= 15 is 0 Å². The first kappa shape index (κ1) is 22.7. The highest BCUT2D eigenvalue weighted by Gasteiger charge is 2.10. The van der Waals surface area contributed by atoms with Gasteiger partial charge in [-0.25, -0.2) is 9.59 Å². The van der Waals surface area contributed by atoms with Gasteiger partial charge in [-0.15, -0.1) is 0 Å². The van der Waals surface area contributed by atoms with Crippen molar-refractivity contribution in [2.75, 3.05) is 13.2 Å². The molecule has 0 aliphatic carbocycles. The molecule has 2 atom stereocenters. The molecule has 0 heterocycles. The first-order chi connectivity index (χ1) is 11.6. The lowest BCUT2D eigenvalue weighted by Crippen LogP contribution is -2.14. The average molecular weight is 341 g/mol. The summed E-state index contributed by atoms with van der Waals surface area (Å²) in [5, 5.41) is 0. The molecule has 24 heavy (non-hydrogen) atoms. The van der Waals surface area contributed by atoms with Gasteiger partial charge in [0.15, 0.2) is 0 Å². The van der Waals surface area contributed by atoms with Crippen molar-refractivity contribution >= 4 is 11.9 Å². The molecule has 0 radical (unpaired) electrons. The van der Waals surface area contributed by atoms with Gasteiger partial charge in [0.05, 0.1) is 13.2 Å². The lowest BCUT2D eigenvalue weighted by Gasteiger charge is -2.14. The van der Waals surface area contributed by atoms with E-state index in [-0.39, 0.29) is 0 Å². The van der Waals surface area contributed by atoms with Gasteiger partial charge in [-0.05, 0) is 24.7 Å². The van der Waals surface area contributed by atoms with E-state index in [1.54, 1.807) is 0 Å². The van der Waals surface area contributed by atoms with E-state index in [1.807, 2.05) is 0 Å². The minimum atomic E-state index is -0.472. The molecule has 0 saturated heterocycles. The average Bonchev–Trinajstić information content (AvgIpc) is 2.60. The third-order valence-corrected chi connectivity index (χ3v) is 4.36. The Morgan fingerprint density at radius 2 is 1.12 bits per heavy atom. The van der Waals surface area contributed by atoms with Crippen LogP contribution in [0, 0.1) is 11.8 Å². The fraction of sp³-hybridized carbons (Fsp3) is 0.800. The summed E-state index contributed by atoms with van der Waals surface area (Å²) in [6.45, 7) is 9.35. The van der Waals surface area contributed by atoms with Crippen molar-refractivity contribution < 1.29 is 19.1 Å². The molecule has 0 unspecified atom stereocenters.